The molecule has 1 saturated heterocycles. The largest absolute Gasteiger partial charge is 0.312 e. The van der Waals surface area contributed by atoms with E-state index in [2.05, 4.69) is 4.99 Å². The molecule has 1 atom stereocenters. The Kier molecular flexibility index (Phi) is 3.36. The highest BCUT2D eigenvalue weighted by molar-refractivity contribution is 8.14. The predicted molar refractivity (Wildman–Crippen MR) is 49.8 cm³/mol. The van der Waals surface area contributed by atoms with Gasteiger partial charge in [0.05, 0.1) is 5.92 Å². The van der Waals surface area contributed by atoms with Crippen molar-refractivity contribution >= 4 is 34.8 Å². The maximum absolute atomic E-state index is 11.0. The Morgan fingerprint density at radius 3 is 2.77 bits per heavy atom. The molecule has 1 heterocycles. The number of carbonyl (C=O) groups excluding carboxylic acids is 3. The van der Waals surface area contributed by atoms with Gasteiger partial charge in [-0.2, -0.15) is 0 Å². The van der Waals surface area contributed by atoms with Crippen molar-refractivity contribution in [3.05, 3.63) is 0 Å². The number of nitrogens with zero attached hydrogens (tertiary/aromatic N) is 1. The summed E-state index contributed by atoms with van der Waals surface area (Å²) < 4.78 is 0. The van der Waals surface area contributed by atoms with E-state index in [9.17, 15) is 14.4 Å². The molecule has 4 nitrogen and oxygen atoms in total. The molecule has 0 saturated carbocycles. The predicted octanol–water partition coefficient (Wildman–Crippen LogP) is 0.452. The average Bonchev–Trinajstić information content (AvgIpc) is 2.47. The van der Waals surface area contributed by atoms with Crippen molar-refractivity contribution in [2.75, 3.05) is 5.75 Å². The van der Waals surface area contributed by atoms with Crippen LogP contribution in [0.2, 0.25) is 0 Å². The van der Waals surface area contributed by atoms with E-state index in [0.717, 1.165) is 12.7 Å². The lowest BCUT2D eigenvalue weighted by molar-refractivity contribution is -0.134. The zero-order valence-corrected chi connectivity index (χ0v) is 7.97. The monoisotopic (exact) mass is 199 g/mol. The number of hydrogen-bond donors (Lipinski definition) is 0. The highest BCUT2D eigenvalue weighted by Crippen LogP contribution is 2.23. The molecule has 0 aromatic carbocycles. The molecule has 0 bridgehead atoms. The number of hydrogen-bond acceptors (Lipinski definition) is 4. The minimum absolute atomic E-state index is 0.0279. The lowest BCUT2D eigenvalue weighted by atomic mass is 10.1. The number of aliphatic imine (C=N–C) groups is 1. The summed E-state index contributed by atoms with van der Waals surface area (Å²) >= 11 is 1.24. The number of Topliss-reactive ketones (excluding diaryl/α,β-unsaturated/α-hetero) is 1. The second-order valence-corrected chi connectivity index (χ2v) is 3.80. The van der Waals surface area contributed by atoms with Gasteiger partial charge in [0.2, 0.25) is 5.78 Å². The van der Waals surface area contributed by atoms with Gasteiger partial charge in [-0.25, -0.2) is 4.99 Å². The van der Waals surface area contributed by atoms with Gasteiger partial charge in [-0.15, -0.1) is 0 Å². The Hall–Kier alpha value is -0.970. The van der Waals surface area contributed by atoms with Crippen LogP contribution in [0.1, 0.15) is 13.3 Å². The molecule has 0 spiro atoms. The summed E-state index contributed by atoms with van der Waals surface area (Å²) in [6.07, 6.45) is 1.99. The van der Waals surface area contributed by atoms with Crippen LogP contribution in [0.5, 0.6) is 0 Å². The number of thioether (sulfide) groups is 1. The summed E-state index contributed by atoms with van der Waals surface area (Å²) in [5, 5.41) is 0.0279. The fourth-order valence-electron chi connectivity index (χ4n) is 0.895. The van der Waals surface area contributed by atoms with Crippen molar-refractivity contribution in [2.45, 2.75) is 13.3 Å². The summed E-state index contributed by atoms with van der Waals surface area (Å²) in [5.41, 5.74) is 0. The first-order valence-electron chi connectivity index (χ1n) is 3.87. The van der Waals surface area contributed by atoms with E-state index in [4.69, 9.17) is 0 Å². The lowest BCUT2D eigenvalue weighted by Crippen LogP contribution is -2.11. The lowest BCUT2D eigenvalue weighted by Gasteiger charge is -1.95. The SMILES string of the molecule is CC(=O)C(=O)N=CC1CCSC1=O. The maximum atomic E-state index is 11.0. The molecule has 1 amide bonds. The molecular weight excluding hydrogens is 190 g/mol. The molecule has 0 N–H and O–H groups in total. The minimum Gasteiger partial charge on any atom is -0.289 e. The van der Waals surface area contributed by atoms with Gasteiger partial charge in [0, 0.05) is 18.9 Å². The quantitative estimate of drug-likeness (QED) is 0.478. The molecule has 70 valence electrons. The second-order valence-electron chi connectivity index (χ2n) is 2.70. The average molecular weight is 199 g/mol. The second kappa shape index (κ2) is 4.32. The molecular formula is C8H9NO3S. The van der Waals surface area contributed by atoms with Crippen LogP contribution in [0.3, 0.4) is 0 Å². The summed E-state index contributed by atoms with van der Waals surface area (Å²) in [4.78, 5) is 35.7. The highest BCUT2D eigenvalue weighted by Gasteiger charge is 2.23. The normalized spacial score (nSPS) is 22.5. The highest BCUT2D eigenvalue weighted by atomic mass is 32.2. The van der Waals surface area contributed by atoms with Crippen LogP contribution in [0.4, 0.5) is 0 Å². The standard InChI is InChI=1S/C8H9NO3S/c1-5(10)7(11)9-4-6-2-3-13-8(6)12/h4,6H,2-3H2,1H3. The van der Waals surface area contributed by atoms with Gasteiger partial charge in [-0.3, -0.25) is 14.4 Å². The van der Waals surface area contributed by atoms with Crippen molar-refractivity contribution in [3.8, 4) is 0 Å². The third-order valence-electron chi connectivity index (χ3n) is 1.65. The maximum Gasteiger partial charge on any atom is 0.312 e. The van der Waals surface area contributed by atoms with Crippen molar-refractivity contribution < 1.29 is 14.4 Å². The summed E-state index contributed by atoms with van der Waals surface area (Å²) in [6.45, 7) is 1.16. The molecule has 1 unspecified atom stereocenters. The Morgan fingerprint density at radius 1 is 1.62 bits per heavy atom. The fourth-order valence-corrected chi connectivity index (χ4v) is 1.86. The third-order valence-corrected chi connectivity index (χ3v) is 2.68. The van der Waals surface area contributed by atoms with Gasteiger partial charge in [-0.05, 0) is 6.42 Å². The fraction of sp³-hybridized carbons (Fsp3) is 0.500. The van der Waals surface area contributed by atoms with E-state index in [-0.39, 0.29) is 11.0 Å². The molecule has 0 aliphatic carbocycles. The van der Waals surface area contributed by atoms with Crippen LogP contribution in [-0.4, -0.2) is 28.8 Å². The van der Waals surface area contributed by atoms with E-state index in [1.54, 1.807) is 0 Å². The van der Waals surface area contributed by atoms with Crippen LogP contribution < -0.4 is 0 Å². The van der Waals surface area contributed by atoms with E-state index >= 15 is 0 Å². The number of amides is 1. The summed E-state index contributed by atoms with van der Waals surface area (Å²) in [7, 11) is 0. The number of ketones is 1. The molecule has 1 rings (SSSR count). The Balaban J connectivity index is 2.52. The minimum atomic E-state index is -0.787. The Bertz CT molecular complexity index is 285. The van der Waals surface area contributed by atoms with Crippen LogP contribution in [-0.2, 0) is 14.4 Å². The Labute approximate surface area is 79.8 Å². The Morgan fingerprint density at radius 2 is 2.31 bits per heavy atom. The van der Waals surface area contributed by atoms with Gasteiger partial charge < -0.3 is 0 Å². The number of rotatable bonds is 2. The van der Waals surface area contributed by atoms with Crippen molar-refractivity contribution in [3.63, 3.8) is 0 Å². The van der Waals surface area contributed by atoms with Crippen LogP contribution >= 0.6 is 11.8 Å². The smallest absolute Gasteiger partial charge is 0.289 e. The first kappa shape index (κ1) is 10.1. The van der Waals surface area contributed by atoms with Crippen LogP contribution in [0.15, 0.2) is 4.99 Å². The molecule has 1 fully saturated rings. The third kappa shape index (κ3) is 2.77. The summed E-state index contributed by atoms with van der Waals surface area (Å²) in [5.74, 6) is -0.906. The van der Waals surface area contributed by atoms with E-state index in [0.29, 0.717) is 6.42 Å². The molecule has 13 heavy (non-hydrogen) atoms. The van der Waals surface area contributed by atoms with Crippen LogP contribution in [0.25, 0.3) is 0 Å². The van der Waals surface area contributed by atoms with Gasteiger partial charge in [0.15, 0.2) is 5.12 Å². The van der Waals surface area contributed by atoms with Crippen molar-refractivity contribution in [1.29, 1.82) is 0 Å². The first-order valence-corrected chi connectivity index (χ1v) is 4.85. The molecule has 0 aromatic heterocycles. The van der Waals surface area contributed by atoms with Crippen LogP contribution in [0, 0.1) is 5.92 Å². The van der Waals surface area contributed by atoms with Crippen molar-refractivity contribution in [2.24, 2.45) is 10.9 Å². The number of carbonyl (C=O) groups is 3. The van der Waals surface area contributed by atoms with Gasteiger partial charge in [0.1, 0.15) is 0 Å². The summed E-state index contributed by atoms with van der Waals surface area (Å²) in [6, 6.07) is 0. The van der Waals surface area contributed by atoms with E-state index in [1.807, 2.05) is 0 Å². The zero-order valence-electron chi connectivity index (χ0n) is 7.15. The van der Waals surface area contributed by atoms with Gasteiger partial charge in [0.25, 0.3) is 0 Å². The van der Waals surface area contributed by atoms with Gasteiger partial charge >= 0.3 is 5.91 Å². The molecule has 1 aliphatic rings. The van der Waals surface area contributed by atoms with E-state index < -0.39 is 11.7 Å². The van der Waals surface area contributed by atoms with E-state index in [1.165, 1.54) is 18.0 Å². The topological polar surface area (TPSA) is 63.6 Å². The first-order chi connectivity index (χ1) is 6.11. The zero-order chi connectivity index (χ0) is 9.84. The molecule has 0 radical (unpaired) electrons. The van der Waals surface area contributed by atoms with Gasteiger partial charge in [-0.1, -0.05) is 11.8 Å². The van der Waals surface area contributed by atoms with Crippen molar-refractivity contribution in [1.82, 2.24) is 0 Å². The molecule has 1 aliphatic heterocycles. The molecule has 5 heteroatoms. The molecule has 0 aromatic rings.